The van der Waals surface area contributed by atoms with Crippen LogP contribution in [0.4, 0.5) is 11.5 Å². The predicted molar refractivity (Wildman–Crippen MR) is 103 cm³/mol. The second kappa shape index (κ2) is 5.28. The standard InChI is InChI=1S/C20H21N3S/c1-11-9-17(24-12(11)2)19-15-10-22-20-18(15)14(7-8-21-20)13-5-3-4-6-16(13)23-19/h3-8,15,17,19,23H,9-10H2,1-2H3,(H,21,22). The molecule has 5 rings (SSSR count). The number of nitrogens with one attached hydrogen (secondary N) is 2. The zero-order valence-electron chi connectivity index (χ0n) is 14.0. The van der Waals surface area contributed by atoms with Crippen molar-refractivity contribution in [2.75, 3.05) is 17.2 Å². The minimum absolute atomic E-state index is 0.419. The lowest BCUT2D eigenvalue weighted by atomic mass is 9.87. The maximum absolute atomic E-state index is 4.60. The van der Waals surface area contributed by atoms with Gasteiger partial charge in [0.05, 0.1) is 0 Å². The van der Waals surface area contributed by atoms with Gasteiger partial charge in [0.25, 0.3) is 0 Å². The Morgan fingerprint density at radius 2 is 2.00 bits per heavy atom. The van der Waals surface area contributed by atoms with Crippen molar-refractivity contribution in [3.05, 3.63) is 52.6 Å². The van der Waals surface area contributed by atoms with Gasteiger partial charge in [-0.05, 0) is 42.9 Å². The lowest BCUT2D eigenvalue weighted by molar-refractivity contribution is 0.579. The van der Waals surface area contributed by atoms with Crippen LogP contribution in [0.3, 0.4) is 0 Å². The van der Waals surface area contributed by atoms with Gasteiger partial charge in [0.2, 0.25) is 0 Å². The Labute approximate surface area is 147 Å². The van der Waals surface area contributed by atoms with Crippen molar-refractivity contribution >= 4 is 23.3 Å². The van der Waals surface area contributed by atoms with E-state index >= 15 is 0 Å². The molecule has 3 aliphatic heterocycles. The van der Waals surface area contributed by atoms with Gasteiger partial charge in [-0.3, -0.25) is 0 Å². The second-order valence-electron chi connectivity index (χ2n) is 7.02. The Hall–Kier alpha value is -1.94. The summed E-state index contributed by atoms with van der Waals surface area (Å²) in [5.74, 6) is 1.54. The maximum Gasteiger partial charge on any atom is 0.130 e. The van der Waals surface area contributed by atoms with Gasteiger partial charge in [-0.2, -0.15) is 0 Å². The van der Waals surface area contributed by atoms with Gasteiger partial charge >= 0.3 is 0 Å². The van der Waals surface area contributed by atoms with Crippen LogP contribution >= 0.6 is 11.8 Å². The van der Waals surface area contributed by atoms with E-state index in [0.29, 0.717) is 17.2 Å². The summed E-state index contributed by atoms with van der Waals surface area (Å²) in [7, 11) is 0. The number of hydrogen-bond donors (Lipinski definition) is 2. The number of allylic oxidation sites excluding steroid dienone is 2. The minimum Gasteiger partial charge on any atom is -0.380 e. The van der Waals surface area contributed by atoms with Crippen molar-refractivity contribution < 1.29 is 0 Å². The largest absolute Gasteiger partial charge is 0.380 e. The molecular formula is C20H21N3S. The number of anilines is 2. The Kier molecular flexibility index (Phi) is 3.17. The third kappa shape index (κ3) is 2.02. The second-order valence-corrected chi connectivity index (χ2v) is 8.47. The molecule has 0 fully saturated rings. The van der Waals surface area contributed by atoms with Crippen LogP contribution in [0, 0.1) is 0 Å². The lowest BCUT2D eigenvalue weighted by Crippen LogP contribution is -2.36. The van der Waals surface area contributed by atoms with Crippen molar-refractivity contribution in [3.63, 3.8) is 0 Å². The topological polar surface area (TPSA) is 37.0 Å². The first-order valence-electron chi connectivity index (χ1n) is 8.64. The number of pyridine rings is 1. The van der Waals surface area contributed by atoms with Gasteiger partial charge in [-0.25, -0.2) is 4.98 Å². The van der Waals surface area contributed by atoms with Crippen LogP contribution in [0.2, 0.25) is 0 Å². The molecule has 1 aromatic carbocycles. The molecule has 3 aliphatic rings. The molecular weight excluding hydrogens is 314 g/mol. The molecule has 24 heavy (non-hydrogen) atoms. The van der Waals surface area contributed by atoms with Crippen molar-refractivity contribution in [2.45, 2.75) is 37.5 Å². The Morgan fingerprint density at radius 3 is 2.83 bits per heavy atom. The van der Waals surface area contributed by atoms with E-state index in [0.717, 1.165) is 12.4 Å². The van der Waals surface area contributed by atoms with Crippen LogP contribution in [-0.4, -0.2) is 22.8 Å². The van der Waals surface area contributed by atoms with Crippen LogP contribution in [0.25, 0.3) is 11.1 Å². The molecule has 2 N–H and O–H groups in total. The van der Waals surface area contributed by atoms with Crippen LogP contribution in [0.1, 0.15) is 31.7 Å². The summed E-state index contributed by atoms with van der Waals surface area (Å²) in [6.45, 7) is 5.51. The number of fused-ring (bicyclic) bond motifs is 2. The number of aromatic nitrogens is 1. The molecule has 122 valence electrons. The Balaban J connectivity index is 1.66. The van der Waals surface area contributed by atoms with E-state index in [1.807, 2.05) is 18.0 Å². The highest BCUT2D eigenvalue weighted by atomic mass is 32.2. The fourth-order valence-corrected chi connectivity index (χ4v) is 5.81. The maximum atomic E-state index is 4.60. The Bertz CT molecular complexity index is 844. The number of benzene rings is 1. The number of hydrogen-bond acceptors (Lipinski definition) is 4. The fraction of sp³-hybridized carbons (Fsp3) is 0.350. The van der Waals surface area contributed by atoms with E-state index in [-0.39, 0.29) is 0 Å². The molecule has 0 bridgehead atoms. The van der Waals surface area contributed by atoms with Gasteiger partial charge in [-0.1, -0.05) is 23.8 Å². The van der Waals surface area contributed by atoms with Crippen molar-refractivity contribution in [3.8, 4) is 11.1 Å². The molecule has 0 radical (unpaired) electrons. The van der Waals surface area contributed by atoms with Crippen LogP contribution in [0.5, 0.6) is 0 Å². The van der Waals surface area contributed by atoms with Crippen LogP contribution in [-0.2, 0) is 0 Å². The predicted octanol–water partition coefficient (Wildman–Crippen LogP) is 4.85. The van der Waals surface area contributed by atoms with Crippen LogP contribution < -0.4 is 10.6 Å². The molecule has 4 heteroatoms. The van der Waals surface area contributed by atoms with E-state index in [9.17, 15) is 0 Å². The molecule has 0 saturated heterocycles. The quantitative estimate of drug-likeness (QED) is 0.781. The highest BCUT2D eigenvalue weighted by molar-refractivity contribution is 8.04. The number of rotatable bonds is 1. The molecule has 0 amide bonds. The summed E-state index contributed by atoms with van der Waals surface area (Å²) in [6, 6.07) is 11.3. The summed E-state index contributed by atoms with van der Waals surface area (Å²) in [5, 5.41) is 8.04. The van der Waals surface area contributed by atoms with Gasteiger partial charge in [0, 0.05) is 46.8 Å². The van der Waals surface area contributed by atoms with E-state index in [1.54, 1.807) is 5.57 Å². The zero-order chi connectivity index (χ0) is 16.3. The molecule has 3 nitrogen and oxygen atoms in total. The third-order valence-corrected chi connectivity index (χ3v) is 7.12. The molecule has 0 aliphatic carbocycles. The SMILES string of the molecule is CC1=C(C)SC(C2Nc3ccccc3-c3ccnc4c3C2CN4)C1. The monoisotopic (exact) mass is 335 g/mol. The third-order valence-electron chi connectivity index (χ3n) is 5.66. The van der Waals surface area contributed by atoms with E-state index in [1.165, 1.54) is 33.7 Å². The Morgan fingerprint density at radius 1 is 1.12 bits per heavy atom. The number of para-hydroxylation sites is 1. The molecule has 1 aromatic heterocycles. The minimum atomic E-state index is 0.419. The van der Waals surface area contributed by atoms with Crippen molar-refractivity contribution in [1.82, 2.24) is 4.98 Å². The molecule has 0 saturated carbocycles. The van der Waals surface area contributed by atoms with Crippen LogP contribution in [0.15, 0.2) is 47.0 Å². The summed E-state index contributed by atoms with van der Waals surface area (Å²) < 4.78 is 0. The lowest BCUT2D eigenvalue weighted by Gasteiger charge is -2.29. The van der Waals surface area contributed by atoms with Gasteiger partial charge in [0.1, 0.15) is 5.82 Å². The first-order chi connectivity index (χ1) is 11.7. The zero-order valence-corrected chi connectivity index (χ0v) is 14.8. The van der Waals surface area contributed by atoms with E-state index in [2.05, 4.69) is 59.8 Å². The highest BCUT2D eigenvalue weighted by Crippen LogP contribution is 2.50. The fourth-order valence-electron chi connectivity index (χ4n) is 4.33. The van der Waals surface area contributed by atoms with E-state index < -0.39 is 0 Å². The van der Waals surface area contributed by atoms with E-state index in [4.69, 9.17) is 0 Å². The molecule has 2 aromatic rings. The number of nitrogens with zero attached hydrogens (tertiary/aromatic N) is 1. The van der Waals surface area contributed by atoms with Crippen molar-refractivity contribution in [1.29, 1.82) is 0 Å². The summed E-state index contributed by atoms with van der Waals surface area (Å²) >= 11 is 2.05. The average Bonchev–Trinajstić information content (AvgIpc) is 3.12. The highest BCUT2D eigenvalue weighted by Gasteiger charge is 2.41. The average molecular weight is 335 g/mol. The molecule has 3 unspecified atom stereocenters. The first-order valence-corrected chi connectivity index (χ1v) is 9.52. The molecule has 4 heterocycles. The number of thioether (sulfide) groups is 1. The van der Waals surface area contributed by atoms with Crippen molar-refractivity contribution in [2.24, 2.45) is 0 Å². The van der Waals surface area contributed by atoms with Gasteiger partial charge in [-0.15, -0.1) is 11.8 Å². The molecule has 0 spiro atoms. The summed E-state index contributed by atoms with van der Waals surface area (Å²) in [5.41, 5.74) is 6.85. The molecule has 3 atom stereocenters. The summed E-state index contributed by atoms with van der Waals surface area (Å²) in [4.78, 5) is 6.10. The smallest absolute Gasteiger partial charge is 0.130 e. The summed E-state index contributed by atoms with van der Waals surface area (Å²) in [6.07, 6.45) is 3.11. The first kappa shape index (κ1) is 14.4. The normalized spacial score (nSPS) is 27.2. The van der Waals surface area contributed by atoms with Gasteiger partial charge in [0.15, 0.2) is 0 Å². The van der Waals surface area contributed by atoms with Gasteiger partial charge < -0.3 is 10.6 Å².